The largest absolute Gasteiger partial charge is 0.442 e. The van der Waals surface area contributed by atoms with Crippen molar-refractivity contribution in [2.24, 2.45) is 0 Å². The quantitative estimate of drug-likeness (QED) is 0.792. The number of hydrogen-bond acceptors (Lipinski definition) is 5. The van der Waals surface area contributed by atoms with E-state index in [4.69, 9.17) is 8.84 Å². The molecule has 1 N–H and O–H groups in total. The second-order valence-corrected chi connectivity index (χ2v) is 12.8. The first kappa shape index (κ1) is 18.2. The van der Waals surface area contributed by atoms with Crippen molar-refractivity contribution in [2.75, 3.05) is 0 Å². The maximum atomic E-state index is 9.37. The van der Waals surface area contributed by atoms with Gasteiger partial charge in [0.2, 0.25) is 5.89 Å². The predicted molar refractivity (Wildman–Crippen MR) is 92.1 cm³/mol. The highest BCUT2D eigenvalue weighted by atomic mass is 28.4. The summed E-state index contributed by atoms with van der Waals surface area (Å²) in [6, 6.07) is 2.42. The zero-order valence-electron chi connectivity index (χ0n) is 15.0. The van der Waals surface area contributed by atoms with Crippen molar-refractivity contribution < 1.29 is 8.84 Å². The van der Waals surface area contributed by atoms with E-state index in [9.17, 15) is 5.26 Å². The first-order valence-corrected chi connectivity index (χ1v) is 11.3. The molecule has 0 saturated heterocycles. The van der Waals surface area contributed by atoms with Crippen molar-refractivity contribution in [3.63, 3.8) is 0 Å². The first-order valence-electron chi connectivity index (χ1n) is 8.41. The van der Waals surface area contributed by atoms with Gasteiger partial charge in [-0.2, -0.15) is 5.26 Å². The van der Waals surface area contributed by atoms with E-state index >= 15 is 0 Å². The molecule has 1 aliphatic rings. The minimum Gasteiger partial charge on any atom is -0.442 e. The van der Waals surface area contributed by atoms with Crippen molar-refractivity contribution >= 4 is 8.32 Å². The van der Waals surface area contributed by atoms with Gasteiger partial charge in [-0.05, 0) is 31.0 Å². The average Bonchev–Trinajstić information content (AvgIpc) is 3.12. The lowest BCUT2D eigenvalue weighted by Gasteiger charge is -2.35. The lowest BCUT2D eigenvalue weighted by molar-refractivity contribution is 0.240. The number of hydrogen-bond donors (Lipinski definition) is 1. The monoisotopic (exact) mass is 335 g/mol. The standard InChI is InChI=1S/C17H29N3O2Si/c1-16(2,3)23(4,5)21-12-14-10-19-15(22-14)11-20-17(13-18)8-6-7-9-17/h10,20H,6-9,11-12H2,1-5H3. The van der Waals surface area contributed by atoms with Crippen LogP contribution in [0.2, 0.25) is 18.1 Å². The summed E-state index contributed by atoms with van der Waals surface area (Å²) in [6.45, 7) is 12.1. The van der Waals surface area contributed by atoms with Crippen LogP contribution in [0, 0.1) is 11.3 Å². The predicted octanol–water partition coefficient (Wildman–Crippen LogP) is 4.12. The number of nitrogens with zero attached hydrogens (tertiary/aromatic N) is 2. The highest BCUT2D eigenvalue weighted by molar-refractivity contribution is 6.74. The molecule has 0 aromatic carbocycles. The molecule has 0 unspecified atom stereocenters. The number of nitriles is 1. The lowest BCUT2D eigenvalue weighted by atomic mass is 10.0. The molecule has 2 rings (SSSR count). The van der Waals surface area contributed by atoms with Gasteiger partial charge in [-0.1, -0.05) is 33.6 Å². The smallest absolute Gasteiger partial charge is 0.208 e. The fraction of sp³-hybridized carbons (Fsp3) is 0.765. The van der Waals surface area contributed by atoms with Gasteiger partial charge in [-0.25, -0.2) is 4.98 Å². The zero-order chi connectivity index (χ0) is 17.1. The van der Waals surface area contributed by atoms with Gasteiger partial charge in [0, 0.05) is 0 Å². The third-order valence-corrected chi connectivity index (χ3v) is 9.71. The highest BCUT2D eigenvalue weighted by Gasteiger charge is 2.37. The molecule has 23 heavy (non-hydrogen) atoms. The first-order chi connectivity index (χ1) is 10.7. The van der Waals surface area contributed by atoms with Crippen LogP contribution in [-0.2, 0) is 17.6 Å². The fourth-order valence-electron chi connectivity index (χ4n) is 2.52. The van der Waals surface area contributed by atoms with E-state index < -0.39 is 13.9 Å². The van der Waals surface area contributed by atoms with E-state index in [1.807, 2.05) is 0 Å². The summed E-state index contributed by atoms with van der Waals surface area (Å²) in [5.41, 5.74) is -0.397. The van der Waals surface area contributed by atoms with Crippen molar-refractivity contribution in [3.05, 3.63) is 17.8 Å². The van der Waals surface area contributed by atoms with Crippen LogP contribution in [0.25, 0.3) is 0 Å². The summed E-state index contributed by atoms with van der Waals surface area (Å²) in [5.74, 6) is 1.38. The fourth-order valence-corrected chi connectivity index (χ4v) is 3.45. The Labute approximate surface area is 140 Å². The van der Waals surface area contributed by atoms with Crippen LogP contribution in [0.4, 0.5) is 0 Å². The van der Waals surface area contributed by atoms with Crippen molar-refractivity contribution in [2.45, 2.75) is 83.3 Å². The molecule has 1 aliphatic carbocycles. The van der Waals surface area contributed by atoms with Gasteiger partial charge < -0.3 is 8.84 Å². The van der Waals surface area contributed by atoms with Gasteiger partial charge in [-0.3, -0.25) is 5.32 Å². The molecule has 6 heteroatoms. The minimum absolute atomic E-state index is 0.180. The third kappa shape index (κ3) is 4.43. The number of oxazole rings is 1. The summed E-state index contributed by atoms with van der Waals surface area (Å²) < 4.78 is 11.9. The molecule has 1 aromatic rings. The van der Waals surface area contributed by atoms with Crippen molar-refractivity contribution in [1.29, 1.82) is 5.26 Å². The van der Waals surface area contributed by atoms with Crippen molar-refractivity contribution in [1.82, 2.24) is 10.3 Å². The number of nitrogens with one attached hydrogen (secondary N) is 1. The Hall–Kier alpha value is -1.16. The van der Waals surface area contributed by atoms with Crippen LogP contribution in [0.1, 0.15) is 58.1 Å². The summed E-state index contributed by atoms with van der Waals surface area (Å²) >= 11 is 0. The van der Waals surface area contributed by atoms with Crippen LogP contribution >= 0.6 is 0 Å². The highest BCUT2D eigenvalue weighted by Crippen LogP contribution is 2.37. The zero-order valence-corrected chi connectivity index (χ0v) is 16.0. The summed E-state index contributed by atoms with van der Waals surface area (Å²) in [4.78, 5) is 4.30. The van der Waals surface area contributed by atoms with Gasteiger partial charge in [0.1, 0.15) is 11.3 Å². The molecule has 128 valence electrons. The maximum Gasteiger partial charge on any atom is 0.208 e. The summed E-state index contributed by atoms with van der Waals surface area (Å²) in [6.07, 6.45) is 5.77. The van der Waals surface area contributed by atoms with Gasteiger partial charge >= 0.3 is 0 Å². The molecule has 0 spiro atoms. The van der Waals surface area contributed by atoms with Gasteiger partial charge in [0.25, 0.3) is 0 Å². The van der Waals surface area contributed by atoms with E-state index in [2.05, 4.69) is 50.2 Å². The van der Waals surface area contributed by atoms with E-state index in [0.29, 0.717) is 19.0 Å². The minimum atomic E-state index is -1.78. The lowest BCUT2D eigenvalue weighted by Crippen LogP contribution is -2.40. The van der Waals surface area contributed by atoms with E-state index in [1.165, 1.54) is 0 Å². The van der Waals surface area contributed by atoms with Crippen molar-refractivity contribution in [3.8, 4) is 6.07 Å². The maximum absolute atomic E-state index is 9.37. The van der Waals surface area contributed by atoms with E-state index in [-0.39, 0.29) is 5.04 Å². The molecule has 1 saturated carbocycles. The molecule has 1 fully saturated rings. The SMILES string of the molecule is CC(C)(C)[Si](C)(C)OCc1cnc(CNC2(C#N)CCCC2)o1. The summed E-state index contributed by atoms with van der Waals surface area (Å²) in [5, 5.41) is 12.9. The Bertz CT molecular complexity index is 563. The van der Waals surface area contributed by atoms with Crippen LogP contribution in [0.5, 0.6) is 0 Å². The van der Waals surface area contributed by atoms with Gasteiger partial charge in [-0.15, -0.1) is 0 Å². The Morgan fingerprint density at radius 2 is 2.04 bits per heavy atom. The second kappa shape index (κ2) is 6.76. The third-order valence-electron chi connectivity index (χ3n) is 5.23. The Morgan fingerprint density at radius 1 is 1.39 bits per heavy atom. The van der Waals surface area contributed by atoms with Crippen LogP contribution in [-0.4, -0.2) is 18.8 Å². The number of aromatic nitrogens is 1. The molecule has 0 atom stereocenters. The molecule has 5 nitrogen and oxygen atoms in total. The normalized spacial score (nSPS) is 18.1. The molecular weight excluding hydrogens is 306 g/mol. The topological polar surface area (TPSA) is 71.1 Å². The molecule has 0 radical (unpaired) electrons. The molecule has 1 heterocycles. The van der Waals surface area contributed by atoms with Crippen LogP contribution in [0.3, 0.4) is 0 Å². The van der Waals surface area contributed by atoms with Crippen LogP contribution < -0.4 is 5.32 Å². The van der Waals surface area contributed by atoms with E-state index in [1.54, 1.807) is 6.20 Å². The Balaban J connectivity index is 1.88. The van der Waals surface area contributed by atoms with Gasteiger partial charge in [0.05, 0.1) is 25.4 Å². The molecular formula is C17H29N3O2Si. The van der Waals surface area contributed by atoms with E-state index in [0.717, 1.165) is 31.4 Å². The number of rotatable bonds is 6. The second-order valence-electron chi connectivity index (χ2n) is 8.02. The van der Waals surface area contributed by atoms with Gasteiger partial charge in [0.15, 0.2) is 8.32 Å². The Morgan fingerprint density at radius 3 is 2.61 bits per heavy atom. The Kier molecular flexibility index (Phi) is 5.34. The molecule has 0 amide bonds. The average molecular weight is 336 g/mol. The molecule has 1 aromatic heterocycles. The van der Waals surface area contributed by atoms with Crippen LogP contribution in [0.15, 0.2) is 10.6 Å². The summed E-state index contributed by atoms with van der Waals surface area (Å²) in [7, 11) is -1.78. The molecule has 0 bridgehead atoms. The molecule has 0 aliphatic heterocycles.